The van der Waals surface area contributed by atoms with Crippen molar-refractivity contribution in [1.29, 1.82) is 0 Å². The predicted molar refractivity (Wildman–Crippen MR) is 122 cm³/mol. The summed E-state index contributed by atoms with van der Waals surface area (Å²) in [5.41, 5.74) is 3.01. The van der Waals surface area contributed by atoms with Gasteiger partial charge in [0.2, 0.25) is 0 Å². The Morgan fingerprint density at radius 2 is 1.74 bits per heavy atom. The van der Waals surface area contributed by atoms with Crippen LogP contribution in [0.5, 0.6) is 23.0 Å². The first kappa shape index (κ1) is 21.1. The lowest BCUT2D eigenvalue weighted by atomic mass is 9.91. The molecule has 5 nitrogen and oxygen atoms in total. The van der Waals surface area contributed by atoms with Crippen LogP contribution in [0.3, 0.4) is 0 Å². The first-order valence-electron chi connectivity index (χ1n) is 10.3. The van der Waals surface area contributed by atoms with Gasteiger partial charge in [-0.3, -0.25) is 4.79 Å². The molecule has 3 aromatic rings. The van der Waals surface area contributed by atoms with Crippen LogP contribution in [0, 0.1) is 0 Å². The van der Waals surface area contributed by atoms with Gasteiger partial charge in [-0.1, -0.05) is 23.7 Å². The minimum Gasteiger partial charge on any atom is -0.497 e. The number of methoxy groups -OCH3 is 1. The van der Waals surface area contributed by atoms with Gasteiger partial charge in [0.25, 0.3) is 5.91 Å². The fraction of sp³-hybridized carbons (Fsp3) is 0.240. The summed E-state index contributed by atoms with van der Waals surface area (Å²) in [7, 11) is 1.61. The highest BCUT2D eigenvalue weighted by Gasteiger charge is 2.16. The highest BCUT2D eigenvalue weighted by molar-refractivity contribution is 6.31. The van der Waals surface area contributed by atoms with Crippen molar-refractivity contribution >= 4 is 23.2 Å². The molecule has 0 spiro atoms. The zero-order valence-corrected chi connectivity index (χ0v) is 18.1. The molecule has 31 heavy (non-hydrogen) atoms. The average molecular weight is 438 g/mol. The number of carbonyl (C=O) groups excluding carboxylic acids is 1. The van der Waals surface area contributed by atoms with E-state index in [1.54, 1.807) is 49.6 Å². The average Bonchev–Trinajstić information content (AvgIpc) is 2.80. The third-order valence-electron chi connectivity index (χ3n) is 5.21. The molecule has 6 heteroatoms. The van der Waals surface area contributed by atoms with Gasteiger partial charge >= 0.3 is 0 Å². The number of rotatable bonds is 7. The van der Waals surface area contributed by atoms with Crippen LogP contribution in [0.15, 0.2) is 60.7 Å². The Hall–Kier alpha value is -3.18. The maximum absolute atomic E-state index is 12.6. The van der Waals surface area contributed by atoms with Gasteiger partial charge in [0, 0.05) is 5.02 Å². The molecule has 0 atom stereocenters. The topological polar surface area (TPSA) is 56.8 Å². The van der Waals surface area contributed by atoms with E-state index < -0.39 is 0 Å². The number of ether oxygens (including phenoxy) is 3. The van der Waals surface area contributed by atoms with E-state index in [2.05, 4.69) is 11.4 Å². The molecule has 160 valence electrons. The number of fused-ring (bicyclic) bond motifs is 1. The molecule has 1 amide bonds. The molecule has 0 saturated heterocycles. The fourth-order valence-electron chi connectivity index (χ4n) is 3.67. The monoisotopic (exact) mass is 437 g/mol. The third-order valence-corrected chi connectivity index (χ3v) is 5.45. The summed E-state index contributed by atoms with van der Waals surface area (Å²) < 4.78 is 17.0. The molecule has 4 rings (SSSR count). The van der Waals surface area contributed by atoms with Crippen molar-refractivity contribution in [3.05, 3.63) is 76.8 Å². The number of nitrogens with one attached hydrogen (secondary N) is 1. The maximum Gasteiger partial charge on any atom is 0.262 e. The van der Waals surface area contributed by atoms with E-state index in [4.69, 9.17) is 25.8 Å². The maximum atomic E-state index is 12.6. The van der Waals surface area contributed by atoms with Crippen molar-refractivity contribution in [2.75, 3.05) is 19.0 Å². The molecule has 1 N–H and O–H groups in total. The molecular weight excluding hydrogens is 414 g/mol. The number of benzene rings is 3. The normalized spacial score (nSPS) is 12.6. The van der Waals surface area contributed by atoms with Gasteiger partial charge in [0.1, 0.15) is 17.2 Å². The Morgan fingerprint density at radius 1 is 0.968 bits per heavy atom. The van der Waals surface area contributed by atoms with Crippen LogP contribution in [0.2, 0.25) is 5.02 Å². The van der Waals surface area contributed by atoms with Crippen molar-refractivity contribution in [1.82, 2.24) is 0 Å². The van der Waals surface area contributed by atoms with E-state index in [0.29, 0.717) is 22.2 Å². The van der Waals surface area contributed by atoms with Gasteiger partial charge in [-0.15, -0.1) is 0 Å². The number of amides is 1. The van der Waals surface area contributed by atoms with Gasteiger partial charge in [-0.2, -0.15) is 0 Å². The third kappa shape index (κ3) is 5.30. The van der Waals surface area contributed by atoms with E-state index in [0.717, 1.165) is 30.8 Å². The van der Waals surface area contributed by atoms with Crippen molar-refractivity contribution in [2.45, 2.75) is 25.7 Å². The number of carbonyl (C=O) groups is 1. The molecule has 3 aromatic carbocycles. The minimum atomic E-state index is -0.282. The standard InChI is InChI=1S/C25H24ClNO4/c1-29-19-10-12-20(13-11-19)31-24-14-9-18(26)15-22(24)27-25(28)16-30-23-8-4-6-17-5-2-3-7-21(17)23/h4,6,8-15H,2-3,5,7,16H2,1H3,(H,27,28). The Kier molecular flexibility index (Phi) is 6.63. The zero-order chi connectivity index (χ0) is 21.6. The van der Waals surface area contributed by atoms with Gasteiger partial charge < -0.3 is 19.5 Å². The van der Waals surface area contributed by atoms with Gasteiger partial charge in [0.05, 0.1) is 12.8 Å². The molecule has 0 bridgehead atoms. The van der Waals surface area contributed by atoms with Crippen molar-refractivity contribution in [3.8, 4) is 23.0 Å². The highest BCUT2D eigenvalue weighted by atomic mass is 35.5. The van der Waals surface area contributed by atoms with E-state index in [-0.39, 0.29) is 12.5 Å². The second kappa shape index (κ2) is 9.75. The predicted octanol–water partition coefficient (Wildman–Crippen LogP) is 6.04. The first-order chi connectivity index (χ1) is 15.1. The quantitative estimate of drug-likeness (QED) is 0.489. The lowest BCUT2D eigenvalue weighted by Crippen LogP contribution is -2.21. The van der Waals surface area contributed by atoms with Crippen LogP contribution in [0.1, 0.15) is 24.0 Å². The Balaban J connectivity index is 1.43. The second-order valence-electron chi connectivity index (χ2n) is 7.36. The molecule has 0 radical (unpaired) electrons. The molecule has 0 heterocycles. The van der Waals surface area contributed by atoms with Crippen LogP contribution >= 0.6 is 11.6 Å². The van der Waals surface area contributed by atoms with Crippen LogP contribution in [-0.2, 0) is 17.6 Å². The van der Waals surface area contributed by atoms with Gasteiger partial charge in [-0.05, 0) is 85.3 Å². The highest BCUT2D eigenvalue weighted by Crippen LogP contribution is 2.33. The minimum absolute atomic E-state index is 0.0923. The Morgan fingerprint density at radius 3 is 2.55 bits per heavy atom. The molecule has 0 saturated carbocycles. The number of anilines is 1. The van der Waals surface area contributed by atoms with Crippen LogP contribution in [-0.4, -0.2) is 19.6 Å². The smallest absolute Gasteiger partial charge is 0.262 e. The van der Waals surface area contributed by atoms with E-state index in [1.807, 2.05) is 12.1 Å². The number of halogens is 1. The summed E-state index contributed by atoms with van der Waals surface area (Å²) >= 11 is 6.14. The number of hydrogen-bond donors (Lipinski definition) is 1. The van der Waals surface area contributed by atoms with Crippen molar-refractivity contribution in [2.24, 2.45) is 0 Å². The summed E-state index contributed by atoms with van der Waals surface area (Å²) in [4.78, 5) is 12.6. The van der Waals surface area contributed by atoms with Gasteiger partial charge in [-0.25, -0.2) is 0 Å². The molecule has 0 aliphatic heterocycles. The summed E-state index contributed by atoms with van der Waals surface area (Å²) in [6.07, 6.45) is 4.39. The SMILES string of the molecule is COc1ccc(Oc2ccc(Cl)cc2NC(=O)COc2cccc3c2CCCC3)cc1. The Labute approximate surface area is 186 Å². The number of hydrogen-bond acceptors (Lipinski definition) is 4. The molecule has 0 unspecified atom stereocenters. The summed E-state index contributed by atoms with van der Waals surface area (Å²) in [6, 6.07) is 18.3. The second-order valence-corrected chi connectivity index (χ2v) is 7.79. The van der Waals surface area contributed by atoms with Gasteiger partial charge in [0.15, 0.2) is 12.4 Å². The summed E-state index contributed by atoms with van der Waals surface area (Å²) in [5.74, 6) is 2.34. The Bertz CT molecular complexity index is 1070. The zero-order valence-electron chi connectivity index (χ0n) is 17.3. The van der Waals surface area contributed by atoms with Crippen molar-refractivity contribution < 1.29 is 19.0 Å². The molecule has 0 aromatic heterocycles. The lowest BCUT2D eigenvalue weighted by Gasteiger charge is -2.19. The van der Waals surface area contributed by atoms with E-state index >= 15 is 0 Å². The van der Waals surface area contributed by atoms with E-state index in [1.165, 1.54) is 17.5 Å². The van der Waals surface area contributed by atoms with Crippen LogP contribution < -0.4 is 19.5 Å². The van der Waals surface area contributed by atoms with Crippen molar-refractivity contribution in [3.63, 3.8) is 0 Å². The molecule has 1 aliphatic carbocycles. The summed E-state index contributed by atoms with van der Waals surface area (Å²) in [5, 5.41) is 3.34. The summed E-state index contributed by atoms with van der Waals surface area (Å²) in [6.45, 7) is -0.0923. The van der Waals surface area contributed by atoms with Crippen LogP contribution in [0.25, 0.3) is 0 Å². The lowest BCUT2D eigenvalue weighted by molar-refractivity contribution is -0.118. The van der Waals surface area contributed by atoms with E-state index in [9.17, 15) is 4.79 Å². The fourth-order valence-corrected chi connectivity index (χ4v) is 3.84. The number of aryl methyl sites for hydroxylation is 1. The largest absolute Gasteiger partial charge is 0.497 e. The van der Waals surface area contributed by atoms with Crippen LogP contribution in [0.4, 0.5) is 5.69 Å². The molecule has 0 fully saturated rings. The molecule has 1 aliphatic rings. The first-order valence-corrected chi connectivity index (χ1v) is 10.6. The molecular formula is C25H24ClNO4.